The van der Waals surface area contributed by atoms with Crippen LogP contribution < -0.4 is 10.6 Å². The van der Waals surface area contributed by atoms with Crippen molar-refractivity contribution in [2.45, 2.75) is 51.6 Å². The van der Waals surface area contributed by atoms with Crippen molar-refractivity contribution in [3.8, 4) is 0 Å². The lowest BCUT2D eigenvalue weighted by molar-refractivity contribution is 0.120. The summed E-state index contributed by atoms with van der Waals surface area (Å²) in [6.07, 6.45) is 5.31. The zero-order valence-electron chi connectivity index (χ0n) is 17.3. The molecule has 2 saturated heterocycles. The predicted octanol–water partition coefficient (Wildman–Crippen LogP) is 1.67. The first-order valence-corrected chi connectivity index (χ1v) is 10.2. The van der Waals surface area contributed by atoms with Gasteiger partial charge < -0.3 is 20.4 Å². The molecule has 2 unspecified atom stereocenters. The average molecular weight is 480 g/mol. The maximum atomic E-state index is 4.37. The van der Waals surface area contributed by atoms with E-state index >= 15 is 0 Å². The minimum atomic E-state index is 0. The molecule has 2 fully saturated rings. The van der Waals surface area contributed by atoms with E-state index in [2.05, 4.69) is 51.2 Å². The van der Waals surface area contributed by atoms with E-state index in [0.29, 0.717) is 6.04 Å². The van der Waals surface area contributed by atoms with Crippen molar-refractivity contribution in [3.63, 3.8) is 0 Å². The molecular weight excluding hydrogens is 439 g/mol. The van der Waals surface area contributed by atoms with Crippen molar-refractivity contribution in [2.24, 2.45) is 4.99 Å². The lowest BCUT2D eigenvalue weighted by atomic mass is 10.0. The molecule has 6 nitrogen and oxygen atoms in total. The Morgan fingerprint density at radius 3 is 2.50 bits per heavy atom. The summed E-state index contributed by atoms with van der Waals surface area (Å²) in [5.41, 5.74) is 0. The van der Waals surface area contributed by atoms with Crippen LogP contribution in [0.1, 0.15) is 39.5 Å². The van der Waals surface area contributed by atoms with Crippen LogP contribution >= 0.6 is 24.0 Å². The molecule has 2 heterocycles. The molecule has 26 heavy (non-hydrogen) atoms. The smallest absolute Gasteiger partial charge is 0.191 e. The van der Waals surface area contributed by atoms with Crippen LogP contribution in [0.25, 0.3) is 0 Å². The number of nitrogens with one attached hydrogen (secondary N) is 2. The first kappa shape index (κ1) is 23.9. The maximum Gasteiger partial charge on any atom is 0.191 e. The van der Waals surface area contributed by atoms with Crippen LogP contribution in [0.15, 0.2) is 4.99 Å². The molecule has 2 rings (SSSR count). The highest BCUT2D eigenvalue weighted by molar-refractivity contribution is 14.0. The first-order chi connectivity index (χ1) is 12.1. The zero-order chi connectivity index (χ0) is 18.1. The Hall–Kier alpha value is -0.120. The molecule has 0 aromatic heterocycles. The third kappa shape index (κ3) is 8.27. The molecule has 2 aliphatic heterocycles. The molecule has 0 bridgehead atoms. The monoisotopic (exact) mass is 480 g/mol. The first-order valence-electron chi connectivity index (χ1n) is 10.2. The van der Waals surface area contributed by atoms with Gasteiger partial charge in [-0.25, -0.2) is 0 Å². The van der Waals surface area contributed by atoms with E-state index in [9.17, 15) is 0 Å². The molecular formula is C19H41IN6. The molecule has 0 amide bonds. The number of hydrogen-bond acceptors (Lipinski definition) is 4. The van der Waals surface area contributed by atoms with Gasteiger partial charge in [0.1, 0.15) is 0 Å². The second-order valence-corrected chi connectivity index (χ2v) is 7.80. The Balaban J connectivity index is 0.00000338. The van der Waals surface area contributed by atoms with Crippen LogP contribution in [0.4, 0.5) is 0 Å². The van der Waals surface area contributed by atoms with E-state index in [0.717, 1.165) is 25.1 Å². The molecule has 0 radical (unpaired) electrons. The topological polar surface area (TPSA) is 46.1 Å². The van der Waals surface area contributed by atoms with Gasteiger partial charge in [0.05, 0.1) is 0 Å². The number of piperazine rings is 1. The molecule has 0 aliphatic carbocycles. The van der Waals surface area contributed by atoms with Crippen molar-refractivity contribution < 1.29 is 0 Å². The molecule has 2 N–H and O–H groups in total. The number of rotatable bonds is 7. The number of hydrogen-bond donors (Lipinski definition) is 2. The summed E-state index contributed by atoms with van der Waals surface area (Å²) in [5, 5.41) is 6.97. The number of piperidine rings is 1. The molecule has 7 heteroatoms. The number of nitrogens with zero attached hydrogens (tertiary/aromatic N) is 4. The highest BCUT2D eigenvalue weighted by atomic mass is 127. The highest BCUT2D eigenvalue weighted by Gasteiger charge is 2.19. The normalized spacial score (nSPS) is 24.8. The lowest BCUT2D eigenvalue weighted by Gasteiger charge is -2.36. The van der Waals surface area contributed by atoms with Gasteiger partial charge in [0.2, 0.25) is 0 Å². The van der Waals surface area contributed by atoms with Gasteiger partial charge in [0, 0.05) is 64.9 Å². The van der Waals surface area contributed by atoms with Gasteiger partial charge in [-0.05, 0) is 46.7 Å². The fourth-order valence-electron chi connectivity index (χ4n) is 3.84. The number of aliphatic imine (C=N–C) groups is 1. The Morgan fingerprint density at radius 1 is 1.12 bits per heavy atom. The van der Waals surface area contributed by atoms with Gasteiger partial charge in [0.15, 0.2) is 5.96 Å². The third-order valence-corrected chi connectivity index (χ3v) is 5.80. The Labute approximate surface area is 178 Å². The lowest BCUT2D eigenvalue weighted by Crippen LogP contribution is -2.52. The molecule has 2 atom stereocenters. The summed E-state index contributed by atoms with van der Waals surface area (Å²) in [4.78, 5) is 12.0. The quantitative estimate of drug-likeness (QED) is 0.251. The minimum Gasteiger partial charge on any atom is -0.356 e. The molecule has 0 aromatic carbocycles. The second-order valence-electron chi connectivity index (χ2n) is 7.80. The van der Waals surface area contributed by atoms with Gasteiger partial charge in [-0.3, -0.25) is 9.89 Å². The summed E-state index contributed by atoms with van der Waals surface area (Å²) in [6.45, 7) is 13.8. The summed E-state index contributed by atoms with van der Waals surface area (Å²) in [6, 6.07) is 1.30. The molecule has 0 saturated carbocycles. The highest BCUT2D eigenvalue weighted by Crippen LogP contribution is 2.16. The average Bonchev–Trinajstić information content (AvgIpc) is 2.63. The van der Waals surface area contributed by atoms with Gasteiger partial charge >= 0.3 is 0 Å². The van der Waals surface area contributed by atoms with Gasteiger partial charge in [-0.1, -0.05) is 6.42 Å². The van der Waals surface area contributed by atoms with Crippen molar-refractivity contribution in [3.05, 3.63) is 0 Å². The maximum absolute atomic E-state index is 4.37. The summed E-state index contributed by atoms with van der Waals surface area (Å²) in [5.74, 6) is 0.938. The van der Waals surface area contributed by atoms with Crippen molar-refractivity contribution in [2.75, 3.05) is 66.5 Å². The molecule has 0 spiro atoms. The largest absolute Gasteiger partial charge is 0.356 e. The fraction of sp³-hybridized carbons (Fsp3) is 0.947. The van der Waals surface area contributed by atoms with Crippen molar-refractivity contribution >= 4 is 29.9 Å². The van der Waals surface area contributed by atoms with Crippen LogP contribution in [0.5, 0.6) is 0 Å². The van der Waals surface area contributed by atoms with Crippen molar-refractivity contribution in [1.29, 1.82) is 0 Å². The standard InChI is InChI=1S/C19H40N6.HI/c1-17-8-5-6-10-24(17)11-7-9-21-19(20-3)22-16-18(2)25-14-12-23(4)13-15-25;/h17-18H,5-16H2,1-4H3,(H2,20,21,22);1H. The number of likely N-dealkylation sites (N-methyl/N-ethyl adjacent to an activating group) is 1. The summed E-state index contributed by atoms with van der Waals surface area (Å²) < 4.78 is 0. The number of likely N-dealkylation sites (tertiary alicyclic amines) is 1. The molecule has 0 aromatic rings. The minimum absolute atomic E-state index is 0. The predicted molar refractivity (Wildman–Crippen MR) is 123 cm³/mol. The summed E-state index contributed by atoms with van der Waals surface area (Å²) in [7, 11) is 4.07. The van der Waals surface area contributed by atoms with Crippen LogP contribution in [-0.2, 0) is 0 Å². The third-order valence-electron chi connectivity index (χ3n) is 5.80. The number of guanidine groups is 1. The number of halogens is 1. The van der Waals surface area contributed by atoms with Crippen LogP contribution in [-0.4, -0.2) is 99.2 Å². The fourth-order valence-corrected chi connectivity index (χ4v) is 3.84. The SMILES string of the molecule is CN=C(NCCCN1CCCCC1C)NCC(C)N1CCN(C)CC1.I. The van der Waals surface area contributed by atoms with Crippen LogP contribution in [0.3, 0.4) is 0 Å². The van der Waals surface area contributed by atoms with Gasteiger partial charge in [-0.2, -0.15) is 0 Å². The van der Waals surface area contributed by atoms with E-state index in [-0.39, 0.29) is 24.0 Å². The molecule has 154 valence electrons. The Bertz CT molecular complexity index is 397. The van der Waals surface area contributed by atoms with E-state index in [4.69, 9.17) is 0 Å². The van der Waals surface area contributed by atoms with Crippen LogP contribution in [0, 0.1) is 0 Å². The van der Waals surface area contributed by atoms with Crippen LogP contribution in [0.2, 0.25) is 0 Å². The van der Waals surface area contributed by atoms with Crippen molar-refractivity contribution in [1.82, 2.24) is 25.3 Å². The van der Waals surface area contributed by atoms with E-state index in [1.54, 1.807) is 0 Å². The van der Waals surface area contributed by atoms with E-state index in [1.165, 1.54) is 65.0 Å². The zero-order valence-corrected chi connectivity index (χ0v) is 19.7. The van der Waals surface area contributed by atoms with E-state index < -0.39 is 0 Å². The summed E-state index contributed by atoms with van der Waals surface area (Å²) >= 11 is 0. The van der Waals surface area contributed by atoms with Gasteiger partial charge in [0.25, 0.3) is 0 Å². The van der Waals surface area contributed by atoms with E-state index in [1.807, 2.05) is 7.05 Å². The Morgan fingerprint density at radius 2 is 1.85 bits per heavy atom. The second kappa shape index (κ2) is 13.1. The van der Waals surface area contributed by atoms with Gasteiger partial charge in [-0.15, -0.1) is 24.0 Å². The molecule has 2 aliphatic rings. The Kier molecular flexibility index (Phi) is 12.1.